The molecule has 8 heteroatoms. The van der Waals surface area contributed by atoms with E-state index >= 15 is 0 Å². The maximum absolute atomic E-state index is 12.8. The van der Waals surface area contributed by atoms with Crippen LogP contribution in [0.1, 0.15) is 10.6 Å². The van der Waals surface area contributed by atoms with E-state index in [1.54, 1.807) is 18.2 Å². The van der Waals surface area contributed by atoms with Crippen molar-refractivity contribution >= 4 is 34.4 Å². The van der Waals surface area contributed by atoms with Crippen molar-refractivity contribution < 1.29 is 28.6 Å². The van der Waals surface area contributed by atoms with Gasteiger partial charge in [0.15, 0.2) is 17.1 Å². The summed E-state index contributed by atoms with van der Waals surface area (Å²) in [5, 5.41) is 10.7. The number of benzene rings is 1. The lowest BCUT2D eigenvalue weighted by Gasteiger charge is -2.21. The maximum atomic E-state index is 12.8. The molecule has 0 bridgehead atoms. The third kappa shape index (κ3) is 2.38. The van der Waals surface area contributed by atoms with Crippen LogP contribution in [-0.2, 0) is 9.53 Å². The number of aliphatic carboxylic acids is 1. The first-order valence-electron chi connectivity index (χ1n) is 7.82. The van der Waals surface area contributed by atoms with Crippen LogP contribution in [0.4, 0.5) is 0 Å². The fraction of sp³-hybridized carbons (Fsp3) is 0.412. The average Bonchev–Trinajstić information content (AvgIpc) is 3.24. The van der Waals surface area contributed by atoms with Crippen LogP contribution in [0.2, 0.25) is 5.02 Å². The molecule has 2 atom stereocenters. The monoisotopic (exact) mass is 365 g/mol. The molecule has 2 aliphatic rings. The molecule has 1 N–H and O–H groups in total. The second-order valence-electron chi connectivity index (χ2n) is 6.50. The number of carbonyl (C=O) groups is 2. The van der Waals surface area contributed by atoms with Crippen LogP contribution in [-0.4, -0.2) is 55.3 Å². The van der Waals surface area contributed by atoms with Gasteiger partial charge in [-0.3, -0.25) is 9.59 Å². The average molecular weight is 366 g/mol. The molecule has 2 saturated heterocycles. The summed E-state index contributed by atoms with van der Waals surface area (Å²) in [6.45, 7) is 0.917. The fourth-order valence-corrected chi connectivity index (χ4v) is 3.91. The molecule has 4 rings (SSSR count). The first-order chi connectivity index (χ1) is 11.9. The summed E-state index contributed by atoms with van der Waals surface area (Å²) in [4.78, 5) is 26.0. The third-order valence-electron chi connectivity index (χ3n) is 5.06. The summed E-state index contributed by atoms with van der Waals surface area (Å²) in [6, 6.07) is 4.90. The van der Waals surface area contributed by atoms with Crippen LogP contribution < -0.4 is 4.74 Å². The van der Waals surface area contributed by atoms with E-state index in [1.165, 1.54) is 12.0 Å². The van der Waals surface area contributed by atoms with Gasteiger partial charge in [0.05, 0.1) is 20.3 Å². The van der Waals surface area contributed by atoms with Crippen molar-refractivity contribution in [1.29, 1.82) is 0 Å². The Morgan fingerprint density at radius 1 is 1.40 bits per heavy atom. The number of hydrogen-bond acceptors (Lipinski definition) is 5. The number of hydrogen-bond donors (Lipinski definition) is 1. The summed E-state index contributed by atoms with van der Waals surface area (Å²) in [5.41, 5.74) is -0.589. The molecule has 0 saturated carbocycles. The molecule has 0 spiro atoms. The van der Waals surface area contributed by atoms with Crippen molar-refractivity contribution in [3.05, 3.63) is 29.0 Å². The van der Waals surface area contributed by atoms with Crippen molar-refractivity contribution in [2.75, 3.05) is 33.4 Å². The predicted molar refractivity (Wildman–Crippen MR) is 88.1 cm³/mol. The highest BCUT2D eigenvalue weighted by Gasteiger charge is 2.57. The summed E-state index contributed by atoms with van der Waals surface area (Å²) in [6.07, 6.45) is 0. The van der Waals surface area contributed by atoms with E-state index in [-0.39, 0.29) is 30.7 Å². The molecule has 2 aliphatic heterocycles. The van der Waals surface area contributed by atoms with Gasteiger partial charge in [0.25, 0.3) is 5.91 Å². The summed E-state index contributed by atoms with van der Waals surface area (Å²) >= 11 is 6.04. The SMILES string of the molecule is COc1cc(Cl)cc2cc(C(=O)N3C[C@@H]4COC[C@]4(C(=O)O)C3)oc12. The van der Waals surface area contributed by atoms with Crippen molar-refractivity contribution in [2.45, 2.75) is 0 Å². The zero-order chi connectivity index (χ0) is 17.8. The smallest absolute Gasteiger partial charge is 0.314 e. The maximum Gasteiger partial charge on any atom is 0.314 e. The molecule has 0 unspecified atom stereocenters. The molecular formula is C17H16ClNO6. The number of fused-ring (bicyclic) bond motifs is 2. The predicted octanol–water partition coefficient (Wildman–Crippen LogP) is 2.27. The number of carboxylic acids is 1. The summed E-state index contributed by atoms with van der Waals surface area (Å²) in [5.74, 6) is -0.901. The molecule has 0 radical (unpaired) electrons. The molecule has 25 heavy (non-hydrogen) atoms. The van der Waals surface area contributed by atoms with Gasteiger partial charge in [0, 0.05) is 35.5 Å². The van der Waals surface area contributed by atoms with Crippen molar-refractivity contribution in [2.24, 2.45) is 11.3 Å². The van der Waals surface area contributed by atoms with Crippen LogP contribution in [0.3, 0.4) is 0 Å². The molecular weight excluding hydrogens is 350 g/mol. The highest BCUT2D eigenvalue weighted by atomic mass is 35.5. The van der Waals surface area contributed by atoms with E-state index in [4.69, 9.17) is 25.5 Å². The number of amides is 1. The van der Waals surface area contributed by atoms with Crippen LogP contribution in [0, 0.1) is 11.3 Å². The first kappa shape index (κ1) is 16.2. The summed E-state index contributed by atoms with van der Waals surface area (Å²) in [7, 11) is 1.49. The Hall–Kier alpha value is -2.25. The van der Waals surface area contributed by atoms with Crippen LogP contribution in [0.15, 0.2) is 22.6 Å². The normalized spacial score (nSPS) is 25.4. The Bertz CT molecular complexity index is 877. The molecule has 2 aromatic rings. The van der Waals surface area contributed by atoms with E-state index in [2.05, 4.69) is 0 Å². The minimum Gasteiger partial charge on any atom is -0.493 e. The topological polar surface area (TPSA) is 89.2 Å². The van der Waals surface area contributed by atoms with E-state index < -0.39 is 11.4 Å². The van der Waals surface area contributed by atoms with E-state index in [0.717, 1.165) is 0 Å². The second-order valence-corrected chi connectivity index (χ2v) is 6.93. The van der Waals surface area contributed by atoms with Gasteiger partial charge in [0.1, 0.15) is 5.41 Å². The molecule has 2 fully saturated rings. The fourth-order valence-electron chi connectivity index (χ4n) is 3.69. The van der Waals surface area contributed by atoms with Crippen LogP contribution in [0.25, 0.3) is 11.0 Å². The third-order valence-corrected chi connectivity index (χ3v) is 5.28. The Labute approximate surface area is 148 Å². The summed E-state index contributed by atoms with van der Waals surface area (Å²) < 4.78 is 16.2. The first-order valence-corrected chi connectivity index (χ1v) is 8.20. The van der Waals surface area contributed by atoms with E-state index in [0.29, 0.717) is 34.9 Å². The molecule has 132 valence electrons. The van der Waals surface area contributed by atoms with Crippen molar-refractivity contribution in [3.8, 4) is 5.75 Å². The lowest BCUT2D eigenvalue weighted by atomic mass is 9.81. The highest BCUT2D eigenvalue weighted by Crippen LogP contribution is 2.42. The Kier molecular flexibility index (Phi) is 3.66. The standard InChI is InChI=1S/C17H16ClNO6/c1-23-12-4-11(18)2-9-3-13(25-14(9)12)15(20)19-5-10-6-24-8-17(10,7-19)16(21)22/h2-4,10H,5-8H2,1H3,(H,21,22)/t10-,17-/m1/s1. The lowest BCUT2D eigenvalue weighted by molar-refractivity contribution is -0.149. The Balaban J connectivity index is 1.66. The van der Waals surface area contributed by atoms with Gasteiger partial charge in [-0.25, -0.2) is 0 Å². The van der Waals surface area contributed by atoms with E-state index in [1.807, 2.05) is 0 Å². The number of nitrogens with zero attached hydrogens (tertiary/aromatic N) is 1. The quantitative estimate of drug-likeness (QED) is 0.897. The number of furan rings is 1. The molecule has 1 amide bonds. The highest BCUT2D eigenvalue weighted by molar-refractivity contribution is 6.31. The Morgan fingerprint density at radius 2 is 2.20 bits per heavy atom. The molecule has 1 aromatic heterocycles. The molecule has 1 aromatic carbocycles. The number of ether oxygens (including phenoxy) is 2. The molecule has 0 aliphatic carbocycles. The van der Waals surface area contributed by atoms with Crippen LogP contribution >= 0.6 is 11.6 Å². The van der Waals surface area contributed by atoms with Gasteiger partial charge in [-0.15, -0.1) is 0 Å². The van der Waals surface area contributed by atoms with Crippen molar-refractivity contribution in [3.63, 3.8) is 0 Å². The number of methoxy groups -OCH3 is 1. The number of rotatable bonds is 3. The van der Waals surface area contributed by atoms with Crippen LogP contribution in [0.5, 0.6) is 5.75 Å². The lowest BCUT2D eigenvalue weighted by Crippen LogP contribution is -2.40. The molecule has 3 heterocycles. The Morgan fingerprint density at radius 3 is 2.88 bits per heavy atom. The van der Waals surface area contributed by atoms with Gasteiger partial charge in [-0.2, -0.15) is 0 Å². The largest absolute Gasteiger partial charge is 0.493 e. The van der Waals surface area contributed by atoms with Crippen molar-refractivity contribution in [1.82, 2.24) is 4.90 Å². The minimum atomic E-state index is -1.03. The number of likely N-dealkylation sites (tertiary alicyclic amines) is 1. The van der Waals surface area contributed by atoms with Gasteiger partial charge >= 0.3 is 5.97 Å². The zero-order valence-corrected chi connectivity index (χ0v) is 14.2. The van der Waals surface area contributed by atoms with Gasteiger partial charge < -0.3 is 23.9 Å². The second kappa shape index (κ2) is 5.64. The minimum absolute atomic E-state index is 0.112. The van der Waals surface area contributed by atoms with E-state index in [9.17, 15) is 14.7 Å². The number of halogens is 1. The van der Waals surface area contributed by atoms with Gasteiger partial charge in [-0.1, -0.05) is 11.6 Å². The molecule has 7 nitrogen and oxygen atoms in total. The number of carbonyl (C=O) groups excluding carboxylic acids is 1. The number of carboxylic acid groups (broad SMARTS) is 1. The van der Waals surface area contributed by atoms with Gasteiger partial charge in [0.2, 0.25) is 0 Å². The van der Waals surface area contributed by atoms with Gasteiger partial charge in [-0.05, 0) is 12.1 Å². The zero-order valence-electron chi connectivity index (χ0n) is 13.5.